The average Bonchev–Trinajstić information content (AvgIpc) is 3.37. The van der Waals surface area contributed by atoms with E-state index >= 15 is 0 Å². The first kappa shape index (κ1) is 71.2. The molecule has 2 atom stereocenters. The number of hydrogen-bond donors (Lipinski definition) is 1. The molecule has 0 spiro atoms. The van der Waals surface area contributed by atoms with Gasteiger partial charge in [0.25, 0.3) is 6.29 Å². The van der Waals surface area contributed by atoms with E-state index in [0.717, 1.165) is 70.6 Å². The SMILES string of the molecule is CCCCC/C=C\CCCCCCCC(=O)OCC(COC(OCC[N+](C)(C)C)C(=O)O)OC(=O)CCCCCCCCCCCCCCCCCCCCCCCC/C=C\C/C=C\C/C=C\CCCCCCC. The molecule has 0 fully saturated rings. The highest BCUT2D eigenvalue weighted by molar-refractivity contribution is 5.71. The Kier molecular flexibility index (Phi) is 54.4. The monoisotopic (exact) mass is 1040 g/mol. The van der Waals surface area contributed by atoms with Crippen LogP contribution in [0.5, 0.6) is 0 Å². The van der Waals surface area contributed by atoms with Crippen molar-refractivity contribution < 1.29 is 42.9 Å². The van der Waals surface area contributed by atoms with Gasteiger partial charge in [0.2, 0.25) is 0 Å². The van der Waals surface area contributed by atoms with E-state index in [0.29, 0.717) is 17.4 Å². The number of hydrogen-bond acceptors (Lipinski definition) is 7. The summed E-state index contributed by atoms with van der Waals surface area (Å²) in [5, 5.41) is 9.69. The summed E-state index contributed by atoms with van der Waals surface area (Å²) in [6.45, 7) is 4.85. The second kappa shape index (κ2) is 56.5. The maximum absolute atomic E-state index is 12.9. The highest BCUT2D eigenvalue weighted by Gasteiger charge is 2.25. The number of carbonyl (C=O) groups excluding carboxylic acids is 2. The maximum Gasteiger partial charge on any atom is 0.361 e. The number of ether oxygens (including phenoxy) is 4. The van der Waals surface area contributed by atoms with Crippen LogP contribution in [0, 0.1) is 0 Å². The predicted molar refractivity (Wildman–Crippen MR) is 314 cm³/mol. The second-order valence-corrected chi connectivity index (χ2v) is 22.4. The molecule has 0 heterocycles. The molecule has 0 saturated heterocycles. The number of esters is 2. The van der Waals surface area contributed by atoms with E-state index in [1.54, 1.807) is 0 Å². The zero-order valence-electron chi connectivity index (χ0n) is 49.3. The van der Waals surface area contributed by atoms with Gasteiger partial charge in [0.05, 0.1) is 34.4 Å². The fraction of sp³-hybridized carbons (Fsp3) is 0.831. The number of unbranched alkanes of at least 4 members (excludes halogenated alkanes) is 35. The number of allylic oxidation sites excluding steroid dienone is 8. The largest absolute Gasteiger partial charge is 0.477 e. The Labute approximate surface area is 457 Å². The molecule has 0 aliphatic heterocycles. The minimum atomic E-state index is -1.51. The Balaban J connectivity index is 3.97. The number of carboxylic acids is 1. The zero-order valence-corrected chi connectivity index (χ0v) is 49.3. The Hall–Kier alpha value is -2.75. The minimum absolute atomic E-state index is 0.183. The normalized spacial score (nSPS) is 13.0. The number of likely N-dealkylation sites (N-methyl/N-ethyl adjacent to an activating group) is 1. The Morgan fingerprint density at radius 2 is 0.730 bits per heavy atom. The van der Waals surface area contributed by atoms with Crippen LogP contribution in [0.1, 0.15) is 290 Å². The van der Waals surface area contributed by atoms with E-state index < -0.39 is 24.3 Å². The fourth-order valence-electron chi connectivity index (χ4n) is 8.96. The third kappa shape index (κ3) is 57.0. The number of carboxylic acid groups (broad SMARTS) is 1. The van der Waals surface area contributed by atoms with E-state index in [1.807, 2.05) is 21.1 Å². The molecule has 9 nitrogen and oxygen atoms in total. The number of nitrogens with zero attached hydrogens (tertiary/aromatic N) is 1. The molecule has 0 aliphatic rings. The van der Waals surface area contributed by atoms with Gasteiger partial charge in [-0.15, -0.1) is 0 Å². The summed E-state index contributed by atoms with van der Waals surface area (Å²) < 4.78 is 22.8. The van der Waals surface area contributed by atoms with Crippen LogP contribution in [0.2, 0.25) is 0 Å². The van der Waals surface area contributed by atoms with E-state index in [9.17, 15) is 19.5 Å². The van der Waals surface area contributed by atoms with Crippen LogP contribution >= 0.6 is 0 Å². The van der Waals surface area contributed by atoms with E-state index in [4.69, 9.17) is 18.9 Å². The third-order valence-corrected chi connectivity index (χ3v) is 13.8. The van der Waals surface area contributed by atoms with Gasteiger partial charge in [-0.3, -0.25) is 9.59 Å². The van der Waals surface area contributed by atoms with Crippen molar-refractivity contribution >= 4 is 17.9 Å². The summed E-state index contributed by atoms with van der Waals surface area (Å²) in [4.78, 5) is 37.3. The summed E-state index contributed by atoms with van der Waals surface area (Å²) in [5.41, 5.74) is 0. The van der Waals surface area contributed by atoms with Crippen LogP contribution in [0.15, 0.2) is 48.6 Å². The molecule has 0 aromatic rings. The van der Waals surface area contributed by atoms with E-state index in [-0.39, 0.29) is 32.2 Å². The third-order valence-electron chi connectivity index (χ3n) is 13.8. The molecular weight excluding hydrogens is 923 g/mol. The van der Waals surface area contributed by atoms with Crippen LogP contribution in [0.3, 0.4) is 0 Å². The lowest BCUT2D eigenvalue weighted by Gasteiger charge is -2.25. The molecule has 9 heteroatoms. The average molecular weight is 1040 g/mol. The van der Waals surface area contributed by atoms with Gasteiger partial charge in [-0.1, -0.05) is 249 Å². The van der Waals surface area contributed by atoms with E-state index in [2.05, 4.69) is 62.5 Å². The van der Waals surface area contributed by atoms with Crippen molar-refractivity contribution in [2.45, 2.75) is 302 Å². The van der Waals surface area contributed by atoms with Gasteiger partial charge in [-0.2, -0.15) is 0 Å². The van der Waals surface area contributed by atoms with Gasteiger partial charge in [-0.05, 0) is 77.0 Å². The lowest BCUT2D eigenvalue weighted by atomic mass is 10.0. The summed E-state index contributed by atoms with van der Waals surface area (Å²) in [6, 6.07) is 0. The molecule has 0 aliphatic carbocycles. The standard InChI is InChI=1S/C65H119NO8/c1-6-8-10-12-14-16-18-20-21-22-23-24-25-26-27-28-29-30-31-32-33-34-35-36-37-38-39-40-41-42-43-44-46-48-50-52-54-56-63(68)74-61(60-73-65(64(69)70)71-58-57-66(3,4)5)59-72-62(67)55-53-51-49-47-45-19-17-15-13-11-9-7-2/h15,17-18,20,22-23,25-26,61,65H,6-14,16,19,21,24,27-60H2,1-5H3/p+1/b17-15-,20-18-,23-22-,26-25-. The Morgan fingerprint density at radius 3 is 1.12 bits per heavy atom. The van der Waals surface area contributed by atoms with Gasteiger partial charge in [-0.25, -0.2) is 4.79 Å². The molecule has 74 heavy (non-hydrogen) atoms. The number of aliphatic carboxylic acids is 1. The second-order valence-electron chi connectivity index (χ2n) is 22.4. The van der Waals surface area contributed by atoms with Crippen LogP contribution in [0.25, 0.3) is 0 Å². The lowest BCUT2D eigenvalue weighted by Crippen LogP contribution is -2.40. The molecule has 0 radical (unpaired) electrons. The van der Waals surface area contributed by atoms with Crippen molar-refractivity contribution in [3.8, 4) is 0 Å². The molecule has 2 unspecified atom stereocenters. The molecule has 0 amide bonds. The summed E-state index contributed by atoms with van der Waals surface area (Å²) in [5.74, 6) is -2.00. The van der Waals surface area contributed by atoms with Gasteiger partial charge >= 0.3 is 17.9 Å². The van der Waals surface area contributed by atoms with Gasteiger partial charge in [0.1, 0.15) is 13.2 Å². The van der Waals surface area contributed by atoms with Crippen molar-refractivity contribution in [1.82, 2.24) is 0 Å². The first-order valence-electron chi connectivity index (χ1n) is 31.3. The molecule has 1 N–H and O–H groups in total. The van der Waals surface area contributed by atoms with Gasteiger partial charge < -0.3 is 28.5 Å². The van der Waals surface area contributed by atoms with Crippen molar-refractivity contribution in [3.05, 3.63) is 48.6 Å². The molecule has 0 aromatic carbocycles. The Bertz CT molecular complexity index is 1350. The topological polar surface area (TPSA) is 108 Å². The molecule has 0 rings (SSSR count). The maximum atomic E-state index is 12.9. The van der Waals surface area contributed by atoms with Crippen LogP contribution in [-0.4, -0.2) is 87.4 Å². The Morgan fingerprint density at radius 1 is 0.405 bits per heavy atom. The smallest absolute Gasteiger partial charge is 0.361 e. The highest BCUT2D eigenvalue weighted by Crippen LogP contribution is 2.17. The molecule has 0 bridgehead atoms. The van der Waals surface area contributed by atoms with Gasteiger partial charge in [0, 0.05) is 12.8 Å². The van der Waals surface area contributed by atoms with Gasteiger partial charge in [0.15, 0.2) is 6.10 Å². The summed E-state index contributed by atoms with van der Waals surface area (Å²) >= 11 is 0. The first-order valence-corrected chi connectivity index (χ1v) is 31.3. The number of quaternary nitrogens is 1. The molecule has 432 valence electrons. The predicted octanol–water partition coefficient (Wildman–Crippen LogP) is 18.6. The quantitative estimate of drug-likeness (QED) is 0.0211. The molecular formula is C65H120NO8+. The first-order chi connectivity index (χ1) is 36.1. The summed E-state index contributed by atoms with van der Waals surface area (Å²) in [7, 11) is 5.97. The number of rotatable bonds is 58. The van der Waals surface area contributed by atoms with Crippen molar-refractivity contribution in [1.29, 1.82) is 0 Å². The zero-order chi connectivity index (χ0) is 54.1. The summed E-state index contributed by atoms with van der Waals surface area (Å²) in [6.07, 6.45) is 68.0. The molecule has 0 saturated carbocycles. The van der Waals surface area contributed by atoms with Crippen molar-refractivity contribution in [2.24, 2.45) is 0 Å². The van der Waals surface area contributed by atoms with Crippen molar-refractivity contribution in [2.75, 3.05) is 47.5 Å². The van der Waals surface area contributed by atoms with Crippen molar-refractivity contribution in [3.63, 3.8) is 0 Å². The number of carbonyl (C=O) groups is 3. The van der Waals surface area contributed by atoms with Crippen LogP contribution in [0.4, 0.5) is 0 Å². The van der Waals surface area contributed by atoms with Crippen LogP contribution < -0.4 is 0 Å². The fourth-order valence-corrected chi connectivity index (χ4v) is 8.96. The molecule has 0 aromatic heterocycles. The van der Waals surface area contributed by atoms with E-state index in [1.165, 1.54) is 193 Å². The highest BCUT2D eigenvalue weighted by atomic mass is 16.7. The minimum Gasteiger partial charge on any atom is -0.477 e. The van der Waals surface area contributed by atoms with Crippen LogP contribution in [-0.2, 0) is 33.3 Å². The lowest BCUT2D eigenvalue weighted by molar-refractivity contribution is -0.870.